The molecule has 0 radical (unpaired) electrons. The highest BCUT2D eigenvalue weighted by molar-refractivity contribution is 6.30. The average Bonchev–Trinajstić information content (AvgIpc) is 3.05. The lowest BCUT2D eigenvalue weighted by atomic mass is 9.97. The van der Waals surface area contributed by atoms with Crippen LogP contribution in [0.5, 0.6) is 0 Å². The Morgan fingerprint density at radius 3 is 2.44 bits per heavy atom. The maximum Gasteiger partial charge on any atom is 0.160 e. The number of carbonyl (C=O) groups is 1. The number of halogens is 1. The van der Waals surface area contributed by atoms with E-state index in [4.69, 9.17) is 11.6 Å². The van der Waals surface area contributed by atoms with Crippen LogP contribution in [0, 0.1) is 0 Å². The second kappa shape index (κ2) is 6.19. The maximum atomic E-state index is 11.9. The number of nitrogens with zero attached hydrogens (tertiary/aromatic N) is 1. The number of H-pyrrole nitrogens is 1. The predicted molar refractivity (Wildman–Crippen MR) is 102 cm³/mol. The van der Waals surface area contributed by atoms with Gasteiger partial charge in [0.25, 0.3) is 0 Å². The average molecular weight is 347 g/mol. The van der Waals surface area contributed by atoms with Gasteiger partial charge in [0, 0.05) is 16.1 Å². The van der Waals surface area contributed by atoms with Crippen molar-refractivity contribution in [2.75, 3.05) is 0 Å². The Kier molecular flexibility index (Phi) is 3.86. The number of hydrogen-bond acceptors (Lipinski definition) is 2. The molecule has 0 spiro atoms. The Morgan fingerprint density at radius 2 is 1.68 bits per heavy atom. The van der Waals surface area contributed by atoms with E-state index in [1.807, 2.05) is 66.7 Å². The van der Waals surface area contributed by atoms with Crippen LogP contribution < -0.4 is 0 Å². The normalized spacial score (nSPS) is 11.0. The molecule has 0 aliphatic carbocycles. The molecular formula is C21H15ClN2O. The highest BCUT2D eigenvalue weighted by atomic mass is 35.5. The van der Waals surface area contributed by atoms with Crippen molar-refractivity contribution in [1.29, 1.82) is 0 Å². The lowest BCUT2D eigenvalue weighted by Gasteiger charge is -2.06. The number of fused-ring (bicyclic) bond motifs is 1. The van der Waals surface area contributed by atoms with Gasteiger partial charge in [-0.2, -0.15) is 0 Å². The molecule has 0 bridgehead atoms. The third-order valence-electron chi connectivity index (χ3n) is 4.22. The first-order valence-electron chi connectivity index (χ1n) is 7.98. The van der Waals surface area contributed by atoms with E-state index < -0.39 is 0 Å². The van der Waals surface area contributed by atoms with Crippen molar-refractivity contribution in [1.82, 2.24) is 9.97 Å². The molecule has 3 nitrogen and oxygen atoms in total. The molecule has 0 amide bonds. The smallest absolute Gasteiger partial charge is 0.160 e. The number of nitrogens with one attached hydrogen (secondary N) is 1. The summed E-state index contributed by atoms with van der Waals surface area (Å²) in [5, 5.41) is 0.697. The molecule has 0 unspecified atom stereocenters. The van der Waals surface area contributed by atoms with Gasteiger partial charge in [0.1, 0.15) is 5.82 Å². The summed E-state index contributed by atoms with van der Waals surface area (Å²) >= 11 is 5.95. The highest BCUT2D eigenvalue weighted by Crippen LogP contribution is 2.28. The predicted octanol–water partition coefficient (Wildman–Crippen LogP) is 5.75. The van der Waals surface area contributed by atoms with Crippen molar-refractivity contribution in [3.8, 4) is 22.5 Å². The largest absolute Gasteiger partial charge is 0.338 e. The molecule has 1 aromatic heterocycles. The molecule has 4 aromatic rings. The molecule has 0 atom stereocenters. The molecule has 3 aromatic carbocycles. The number of ketones is 1. The molecule has 1 heterocycles. The standard InChI is InChI=1S/C21H15ClN2O/c1-13(25)17-4-2-3-5-18(17)15-8-11-19-20(12-15)24-21(23-19)14-6-9-16(22)10-7-14/h2-12H,1H3,(H,23,24). The van der Waals surface area contributed by atoms with Gasteiger partial charge < -0.3 is 4.98 Å². The summed E-state index contributed by atoms with van der Waals surface area (Å²) in [5.41, 5.74) is 5.41. The summed E-state index contributed by atoms with van der Waals surface area (Å²) in [6.45, 7) is 1.59. The first kappa shape index (κ1) is 15.6. The molecule has 0 aliphatic heterocycles. The van der Waals surface area contributed by atoms with Gasteiger partial charge in [-0.3, -0.25) is 4.79 Å². The maximum absolute atomic E-state index is 11.9. The zero-order valence-electron chi connectivity index (χ0n) is 13.6. The lowest BCUT2D eigenvalue weighted by Crippen LogP contribution is -1.95. The van der Waals surface area contributed by atoms with Gasteiger partial charge >= 0.3 is 0 Å². The summed E-state index contributed by atoms with van der Waals surface area (Å²) < 4.78 is 0. The number of rotatable bonds is 3. The fourth-order valence-electron chi connectivity index (χ4n) is 2.96. The number of aromatic amines is 1. The zero-order valence-corrected chi connectivity index (χ0v) is 14.3. The molecule has 0 fully saturated rings. The monoisotopic (exact) mass is 346 g/mol. The topological polar surface area (TPSA) is 45.8 Å². The van der Waals surface area contributed by atoms with E-state index in [1.54, 1.807) is 6.92 Å². The van der Waals surface area contributed by atoms with E-state index in [0.717, 1.165) is 39.1 Å². The minimum absolute atomic E-state index is 0.0552. The number of carbonyl (C=O) groups excluding carboxylic acids is 1. The van der Waals surface area contributed by atoms with Crippen molar-refractivity contribution in [2.24, 2.45) is 0 Å². The van der Waals surface area contributed by atoms with Crippen molar-refractivity contribution in [3.05, 3.63) is 77.3 Å². The van der Waals surface area contributed by atoms with Crippen LogP contribution in [0.4, 0.5) is 0 Å². The molecule has 0 saturated heterocycles. The van der Waals surface area contributed by atoms with Gasteiger partial charge in [0.05, 0.1) is 11.0 Å². The second-order valence-electron chi connectivity index (χ2n) is 5.93. The summed E-state index contributed by atoms with van der Waals surface area (Å²) in [4.78, 5) is 19.9. The first-order valence-corrected chi connectivity index (χ1v) is 8.36. The van der Waals surface area contributed by atoms with E-state index in [0.29, 0.717) is 5.02 Å². The molecule has 0 aliphatic rings. The Labute approximate surface area is 150 Å². The zero-order chi connectivity index (χ0) is 17.4. The van der Waals surface area contributed by atoms with Crippen LogP contribution >= 0.6 is 11.6 Å². The second-order valence-corrected chi connectivity index (χ2v) is 6.36. The molecule has 122 valence electrons. The highest BCUT2D eigenvalue weighted by Gasteiger charge is 2.11. The molecular weight excluding hydrogens is 332 g/mol. The van der Waals surface area contributed by atoms with E-state index in [-0.39, 0.29) is 5.78 Å². The molecule has 4 heteroatoms. The van der Waals surface area contributed by atoms with Crippen LogP contribution in [0.1, 0.15) is 17.3 Å². The van der Waals surface area contributed by atoms with E-state index in [1.165, 1.54) is 0 Å². The van der Waals surface area contributed by atoms with Crippen molar-refractivity contribution >= 4 is 28.4 Å². The van der Waals surface area contributed by atoms with E-state index in [9.17, 15) is 4.79 Å². The van der Waals surface area contributed by atoms with Crippen molar-refractivity contribution in [2.45, 2.75) is 6.92 Å². The number of hydrogen-bond donors (Lipinski definition) is 1. The molecule has 0 saturated carbocycles. The Hall–Kier alpha value is -2.91. The van der Waals surface area contributed by atoms with Gasteiger partial charge in [-0.05, 0) is 54.4 Å². The molecule has 4 rings (SSSR count). The Morgan fingerprint density at radius 1 is 0.960 bits per heavy atom. The van der Waals surface area contributed by atoms with Gasteiger partial charge in [0.2, 0.25) is 0 Å². The van der Waals surface area contributed by atoms with Gasteiger partial charge in [0.15, 0.2) is 5.78 Å². The van der Waals surface area contributed by atoms with Crippen molar-refractivity contribution < 1.29 is 4.79 Å². The van der Waals surface area contributed by atoms with Gasteiger partial charge in [-0.15, -0.1) is 0 Å². The van der Waals surface area contributed by atoms with Gasteiger partial charge in [-0.1, -0.05) is 41.9 Å². The summed E-state index contributed by atoms with van der Waals surface area (Å²) in [5.74, 6) is 0.850. The minimum Gasteiger partial charge on any atom is -0.338 e. The van der Waals surface area contributed by atoms with Crippen LogP contribution in [-0.2, 0) is 0 Å². The van der Waals surface area contributed by atoms with Crippen LogP contribution in [0.2, 0.25) is 5.02 Å². The summed E-state index contributed by atoms with van der Waals surface area (Å²) in [6, 6.07) is 21.2. The SMILES string of the molecule is CC(=O)c1ccccc1-c1ccc2[nH]c(-c3ccc(Cl)cc3)nc2c1. The van der Waals surface area contributed by atoms with Crippen LogP contribution in [0.3, 0.4) is 0 Å². The number of imidazole rings is 1. The lowest BCUT2D eigenvalue weighted by molar-refractivity contribution is 0.101. The first-order chi connectivity index (χ1) is 12.1. The quantitative estimate of drug-likeness (QED) is 0.480. The number of aromatic nitrogens is 2. The summed E-state index contributed by atoms with van der Waals surface area (Å²) in [6.07, 6.45) is 0. The third kappa shape index (κ3) is 2.94. The van der Waals surface area contributed by atoms with Crippen LogP contribution in [0.25, 0.3) is 33.5 Å². The number of benzene rings is 3. The molecule has 1 N–H and O–H groups in total. The minimum atomic E-state index is 0.0552. The fraction of sp³-hybridized carbons (Fsp3) is 0.0476. The Balaban J connectivity index is 1.81. The van der Waals surface area contributed by atoms with Gasteiger partial charge in [-0.25, -0.2) is 4.98 Å². The van der Waals surface area contributed by atoms with E-state index in [2.05, 4.69) is 9.97 Å². The molecule has 25 heavy (non-hydrogen) atoms. The summed E-state index contributed by atoms with van der Waals surface area (Å²) in [7, 11) is 0. The van der Waals surface area contributed by atoms with Crippen LogP contribution in [0.15, 0.2) is 66.7 Å². The Bertz CT molecular complexity index is 1080. The van der Waals surface area contributed by atoms with Crippen molar-refractivity contribution in [3.63, 3.8) is 0 Å². The third-order valence-corrected chi connectivity index (χ3v) is 4.47. The van der Waals surface area contributed by atoms with E-state index >= 15 is 0 Å². The fourth-order valence-corrected chi connectivity index (χ4v) is 3.09. The number of Topliss-reactive ketones (excluding diaryl/α,β-unsaturated/α-hetero) is 1. The van der Waals surface area contributed by atoms with Crippen LogP contribution in [-0.4, -0.2) is 15.8 Å².